The molecule has 35 heavy (non-hydrogen) atoms. The molecule has 7 heteroatoms. The Morgan fingerprint density at radius 1 is 0.971 bits per heavy atom. The molecule has 0 saturated heterocycles. The number of nitrogens with one attached hydrogen (secondary N) is 2. The van der Waals surface area contributed by atoms with E-state index in [0.29, 0.717) is 0 Å². The first-order valence-corrected chi connectivity index (χ1v) is 12.3. The number of carbonyl (C=O) groups excluding carboxylic acids is 2. The molecule has 0 bridgehead atoms. The van der Waals surface area contributed by atoms with Gasteiger partial charge in [0, 0.05) is 18.4 Å². The van der Waals surface area contributed by atoms with Gasteiger partial charge in [-0.1, -0.05) is 75.7 Å². The molecule has 2 amide bonds. The Morgan fingerprint density at radius 2 is 1.54 bits per heavy atom. The minimum atomic E-state index is -1.07. The summed E-state index contributed by atoms with van der Waals surface area (Å²) < 4.78 is 5.67. The summed E-state index contributed by atoms with van der Waals surface area (Å²) in [5.74, 6) is -1.32. The molecule has 2 aromatic carbocycles. The average Bonchev–Trinajstić information content (AvgIpc) is 3.07. The SMILES string of the molecule is CC(C)(C)C(NC(=O)CC(NC(=O)OCC1c2ccccc2-c2ccccc21)C1CCC1)C(=O)O. The summed E-state index contributed by atoms with van der Waals surface area (Å²) in [4.78, 5) is 37.1. The summed E-state index contributed by atoms with van der Waals surface area (Å²) in [6.07, 6.45) is 2.36. The molecule has 0 aromatic heterocycles. The summed E-state index contributed by atoms with van der Waals surface area (Å²) in [6, 6.07) is 14.9. The van der Waals surface area contributed by atoms with Crippen LogP contribution in [-0.4, -0.2) is 41.8 Å². The van der Waals surface area contributed by atoms with E-state index in [4.69, 9.17) is 4.74 Å². The molecular formula is C28H34N2O5. The van der Waals surface area contributed by atoms with E-state index >= 15 is 0 Å². The predicted octanol–water partition coefficient (Wildman–Crippen LogP) is 4.70. The third-order valence-electron chi connectivity index (χ3n) is 7.19. The van der Waals surface area contributed by atoms with Crippen LogP contribution in [0.25, 0.3) is 11.1 Å². The van der Waals surface area contributed by atoms with Crippen LogP contribution in [0.2, 0.25) is 0 Å². The van der Waals surface area contributed by atoms with Crippen molar-refractivity contribution in [3.8, 4) is 11.1 Å². The molecule has 1 saturated carbocycles. The zero-order valence-electron chi connectivity index (χ0n) is 20.5. The van der Waals surface area contributed by atoms with Crippen molar-refractivity contribution in [1.82, 2.24) is 10.6 Å². The zero-order valence-corrected chi connectivity index (χ0v) is 20.5. The zero-order chi connectivity index (χ0) is 25.2. The first-order valence-electron chi connectivity index (χ1n) is 12.3. The number of fused-ring (bicyclic) bond motifs is 3. The number of aliphatic carboxylic acids is 1. The lowest BCUT2D eigenvalue weighted by Crippen LogP contribution is -2.52. The highest BCUT2D eigenvalue weighted by Crippen LogP contribution is 2.44. The number of hydrogen-bond acceptors (Lipinski definition) is 4. The molecule has 0 spiro atoms. The van der Waals surface area contributed by atoms with Crippen molar-refractivity contribution in [3.63, 3.8) is 0 Å². The van der Waals surface area contributed by atoms with Gasteiger partial charge in [0.05, 0.1) is 0 Å². The standard InChI is InChI=1S/C28H34N2O5/c1-28(2,3)25(26(32)33)30-24(31)15-23(17-9-8-10-17)29-27(34)35-16-22-20-13-6-4-11-18(20)19-12-5-7-14-21(19)22/h4-7,11-14,17,22-23,25H,8-10,15-16H2,1-3H3,(H,29,34)(H,30,31)(H,32,33). The van der Waals surface area contributed by atoms with E-state index in [1.165, 1.54) is 0 Å². The van der Waals surface area contributed by atoms with Crippen molar-refractivity contribution < 1.29 is 24.2 Å². The van der Waals surface area contributed by atoms with Crippen molar-refractivity contribution in [2.75, 3.05) is 6.61 Å². The van der Waals surface area contributed by atoms with E-state index < -0.39 is 29.6 Å². The minimum Gasteiger partial charge on any atom is -0.480 e. The predicted molar refractivity (Wildman–Crippen MR) is 133 cm³/mol. The van der Waals surface area contributed by atoms with Crippen LogP contribution in [0.1, 0.15) is 63.5 Å². The van der Waals surface area contributed by atoms with Crippen molar-refractivity contribution in [2.45, 2.75) is 64.5 Å². The maximum Gasteiger partial charge on any atom is 0.407 e. The first kappa shape index (κ1) is 24.8. The van der Waals surface area contributed by atoms with E-state index in [2.05, 4.69) is 34.9 Å². The molecule has 2 aromatic rings. The Morgan fingerprint density at radius 3 is 2.03 bits per heavy atom. The summed E-state index contributed by atoms with van der Waals surface area (Å²) in [6.45, 7) is 5.51. The van der Waals surface area contributed by atoms with Gasteiger partial charge in [0.25, 0.3) is 0 Å². The van der Waals surface area contributed by atoms with Crippen LogP contribution >= 0.6 is 0 Å². The summed E-state index contributed by atoms with van der Waals surface area (Å²) in [5, 5.41) is 15.0. The highest BCUT2D eigenvalue weighted by atomic mass is 16.5. The maximum absolute atomic E-state index is 12.8. The molecule has 7 nitrogen and oxygen atoms in total. The molecule has 3 N–H and O–H groups in total. The number of carboxylic acids is 1. The number of carboxylic acid groups (broad SMARTS) is 1. The Bertz CT molecular complexity index is 1060. The Labute approximate surface area is 206 Å². The summed E-state index contributed by atoms with van der Waals surface area (Å²) >= 11 is 0. The molecule has 0 heterocycles. The van der Waals surface area contributed by atoms with Gasteiger partial charge in [-0.05, 0) is 46.4 Å². The van der Waals surface area contributed by atoms with E-state index in [1.807, 2.05) is 24.3 Å². The monoisotopic (exact) mass is 478 g/mol. The molecule has 2 aliphatic carbocycles. The second-order valence-corrected chi connectivity index (χ2v) is 10.7. The van der Waals surface area contributed by atoms with Gasteiger partial charge < -0.3 is 20.5 Å². The normalized spacial score (nSPS) is 16.9. The summed E-state index contributed by atoms with van der Waals surface area (Å²) in [5.41, 5.74) is 3.96. The fraction of sp³-hybridized carbons (Fsp3) is 0.464. The van der Waals surface area contributed by atoms with Crippen molar-refractivity contribution in [1.29, 1.82) is 0 Å². The second-order valence-electron chi connectivity index (χ2n) is 10.7. The molecule has 0 aliphatic heterocycles. The van der Waals surface area contributed by atoms with Crippen LogP contribution in [0.4, 0.5) is 4.79 Å². The molecule has 2 unspecified atom stereocenters. The molecular weight excluding hydrogens is 444 g/mol. The van der Waals surface area contributed by atoms with Gasteiger partial charge in [-0.3, -0.25) is 4.79 Å². The van der Waals surface area contributed by atoms with Crippen LogP contribution < -0.4 is 10.6 Å². The van der Waals surface area contributed by atoms with E-state index in [1.54, 1.807) is 20.8 Å². The van der Waals surface area contributed by atoms with Crippen LogP contribution in [0.3, 0.4) is 0 Å². The Hall–Kier alpha value is -3.35. The number of amides is 2. The smallest absolute Gasteiger partial charge is 0.407 e. The number of ether oxygens (including phenoxy) is 1. The topological polar surface area (TPSA) is 105 Å². The van der Waals surface area contributed by atoms with Crippen LogP contribution in [0.15, 0.2) is 48.5 Å². The Balaban J connectivity index is 1.38. The fourth-order valence-electron chi connectivity index (χ4n) is 5.04. The largest absolute Gasteiger partial charge is 0.480 e. The van der Waals surface area contributed by atoms with Gasteiger partial charge in [0.2, 0.25) is 5.91 Å². The first-order chi connectivity index (χ1) is 16.6. The van der Waals surface area contributed by atoms with E-state index in [0.717, 1.165) is 41.5 Å². The second kappa shape index (κ2) is 10.1. The van der Waals surface area contributed by atoms with Crippen LogP contribution in [-0.2, 0) is 14.3 Å². The summed E-state index contributed by atoms with van der Waals surface area (Å²) in [7, 11) is 0. The van der Waals surface area contributed by atoms with Gasteiger partial charge in [-0.25, -0.2) is 9.59 Å². The molecule has 2 aliphatic rings. The Kier molecular flexibility index (Phi) is 7.15. The van der Waals surface area contributed by atoms with Crippen molar-refractivity contribution in [2.24, 2.45) is 11.3 Å². The maximum atomic E-state index is 12.8. The lowest BCUT2D eigenvalue weighted by molar-refractivity contribution is -0.145. The quantitative estimate of drug-likeness (QED) is 0.510. The van der Waals surface area contributed by atoms with E-state index in [-0.39, 0.29) is 30.8 Å². The number of hydrogen-bond donors (Lipinski definition) is 3. The van der Waals surface area contributed by atoms with Crippen molar-refractivity contribution >= 4 is 18.0 Å². The third kappa shape index (κ3) is 5.50. The fourth-order valence-corrected chi connectivity index (χ4v) is 5.04. The number of benzene rings is 2. The molecule has 2 atom stereocenters. The molecule has 4 rings (SSSR count). The average molecular weight is 479 g/mol. The lowest BCUT2D eigenvalue weighted by Gasteiger charge is -2.34. The van der Waals surface area contributed by atoms with Crippen LogP contribution in [0.5, 0.6) is 0 Å². The minimum absolute atomic E-state index is 0.0225. The van der Waals surface area contributed by atoms with Crippen molar-refractivity contribution in [3.05, 3.63) is 59.7 Å². The third-order valence-corrected chi connectivity index (χ3v) is 7.19. The van der Waals surface area contributed by atoms with Gasteiger partial charge in [-0.2, -0.15) is 0 Å². The van der Waals surface area contributed by atoms with Gasteiger partial charge in [0.1, 0.15) is 12.6 Å². The van der Waals surface area contributed by atoms with Gasteiger partial charge in [0.15, 0.2) is 0 Å². The molecule has 186 valence electrons. The molecule has 1 fully saturated rings. The molecule has 0 radical (unpaired) electrons. The van der Waals surface area contributed by atoms with Gasteiger partial charge >= 0.3 is 12.1 Å². The van der Waals surface area contributed by atoms with Crippen LogP contribution in [0, 0.1) is 11.3 Å². The van der Waals surface area contributed by atoms with E-state index in [9.17, 15) is 19.5 Å². The number of alkyl carbamates (subject to hydrolysis) is 1. The number of rotatable bonds is 8. The van der Waals surface area contributed by atoms with Gasteiger partial charge in [-0.15, -0.1) is 0 Å². The highest BCUT2D eigenvalue weighted by Gasteiger charge is 2.36. The number of carbonyl (C=O) groups is 3. The highest BCUT2D eigenvalue weighted by molar-refractivity contribution is 5.85. The lowest BCUT2D eigenvalue weighted by atomic mass is 9.78.